The number of thiazole rings is 1. The second kappa shape index (κ2) is 12.0. The van der Waals surface area contributed by atoms with Gasteiger partial charge in [-0.3, -0.25) is 4.79 Å². The molecule has 0 aliphatic rings. The number of hydrogen-bond acceptors (Lipinski definition) is 5. The number of thioether (sulfide) groups is 1. The molecule has 1 heterocycles. The first-order chi connectivity index (χ1) is 17.0. The first kappa shape index (κ1) is 24.9. The summed E-state index contributed by atoms with van der Waals surface area (Å²) in [5.74, 6) is -0.0505. The molecule has 1 unspecified atom stereocenters. The van der Waals surface area contributed by atoms with Gasteiger partial charge in [-0.25, -0.2) is 4.98 Å². The molecule has 0 aliphatic heterocycles. The Bertz CT molecular complexity index is 1290. The predicted octanol–water partition coefficient (Wildman–Crippen LogP) is 7.44. The van der Waals surface area contributed by atoms with Crippen molar-refractivity contribution in [3.8, 4) is 11.3 Å². The molecule has 1 aromatic heterocycles. The zero-order valence-electron chi connectivity index (χ0n) is 19.4. The number of hydrogen-bond donors (Lipinski definition) is 3. The zero-order valence-corrected chi connectivity index (χ0v) is 21.9. The van der Waals surface area contributed by atoms with Gasteiger partial charge in [-0.2, -0.15) is 0 Å². The summed E-state index contributed by atoms with van der Waals surface area (Å²) in [4.78, 5) is 19.8. The molecule has 3 aromatic carbocycles. The molecule has 4 rings (SSSR count). The Kier molecular flexibility index (Phi) is 8.52. The van der Waals surface area contributed by atoms with E-state index in [0.29, 0.717) is 16.7 Å². The maximum atomic E-state index is 13.1. The minimum absolute atomic E-state index is 0.0505. The Hall–Kier alpha value is -3.20. The fourth-order valence-corrected chi connectivity index (χ4v) is 5.54. The van der Waals surface area contributed by atoms with E-state index in [1.54, 1.807) is 0 Å². The molecule has 1 atom stereocenters. The molecule has 0 saturated heterocycles. The van der Waals surface area contributed by atoms with Crippen molar-refractivity contribution in [1.29, 1.82) is 0 Å². The molecule has 1 amide bonds. The van der Waals surface area contributed by atoms with Gasteiger partial charge in [0.1, 0.15) is 0 Å². The number of carbonyl (C=O) groups is 1. The number of aryl methyl sites for hydroxylation is 1. The maximum absolute atomic E-state index is 13.1. The van der Waals surface area contributed by atoms with Crippen LogP contribution in [0.1, 0.15) is 18.2 Å². The number of benzene rings is 3. The average Bonchev–Trinajstić information content (AvgIpc) is 3.23. The van der Waals surface area contributed by atoms with Gasteiger partial charge in [0.05, 0.1) is 10.9 Å². The van der Waals surface area contributed by atoms with E-state index in [2.05, 4.69) is 20.9 Å². The Balaban J connectivity index is 1.38. The van der Waals surface area contributed by atoms with Gasteiger partial charge in [0.25, 0.3) is 0 Å². The summed E-state index contributed by atoms with van der Waals surface area (Å²) in [5, 5.41) is 10.3. The van der Waals surface area contributed by atoms with Gasteiger partial charge in [0, 0.05) is 26.7 Å². The van der Waals surface area contributed by atoms with Gasteiger partial charge < -0.3 is 16.0 Å². The van der Waals surface area contributed by atoms with Crippen molar-refractivity contribution >= 4 is 62.8 Å². The van der Waals surface area contributed by atoms with Crippen LogP contribution in [0.5, 0.6) is 0 Å². The molecule has 0 fully saturated rings. The number of anilines is 3. The fraction of sp³-hybridized carbons (Fsp3) is 0.148. The van der Waals surface area contributed by atoms with Crippen LogP contribution >= 0.6 is 35.3 Å². The molecule has 0 radical (unpaired) electrons. The number of carbonyl (C=O) groups excluding carboxylic acids is 1. The van der Waals surface area contributed by atoms with E-state index in [9.17, 15) is 4.79 Å². The molecule has 4 aromatic rings. The number of nitrogens with zero attached hydrogens (tertiary/aromatic N) is 1. The first-order valence-corrected chi connectivity index (χ1v) is 13.4. The summed E-state index contributed by atoms with van der Waals surface area (Å²) in [6.45, 7) is 4.04. The largest absolute Gasteiger partial charge is 0.332 e. The Labute approximate surface area is 219 Å². The van der Waals surface area contributed by atoms with Gasteiger partial charge >= 0.3 is 0 Å². The number of amides is 1. The molecule has 0 bridgehead atoms. The van der Waals surface area contributed by atoms with Crippen molar-refractivity contribution in [2.24, 2.45) is 0 Å². The van der Waals surface area contributed by atoms with E-state index < -0.39 is 0 Å². The lowest BCUT2D eigenvalue weighted by molar-refractivity contribution is -0.115. The number of para-hydroxylation sites is 1. The minimum Gasteiger partial charge on any atom is -0.332 e. The number of aromatic nitrogens is 1. The molecule has 0 spiro atoms. The quantitative estimate of drug-likeness (QED) is 0.166. The number of nitrogens with one attached hydrogen (secondary N) is 3. The highest BCUT2D eigenvalue weighted by atomic mass is 32.2. The van der Waals surface area contributed by atoms with Crippen LogP contribution in [-0.2, 0) is 4.79 Å². The Morgan fingerprint density at radius 1 is 0.943 bits per heavy atom. The molecule has 8 heteroatoms. The van der Waals surface area contributed by atoms with Crippen LogP contribution in [0.3, 0.4) is 0 Å². The average molecular weight is 519 g/mol. The third kappa shape index (κ3) is 6.91. The second-order valence-corrected chi connectivity index (χ2v) is 10.7. The van der Waals surface area contributed by atoms with Crippen LogP contribution in [0.4, 0.5) is 16.5 Å². The summed E-state index contributed by atoms with van der Waals surface area (Å²) in [7, 11) is 0. The van der Waals surface area contributed by atoms with Gasteiger partial charge in [-0.15, -0.1) is 23.1 Å². The van der Waals surface area contributed by atoms with Gasteiger partial charge in [0.2, 0.25) is 5.91 Å². The van der Waals surface area contributed by atoms with Crippen LogP contribution < -0.4 is 16.0 Å². The van der Waals surface area contributed by atoms with Gasteiger partial charge in [0.15, 0.2) is 10.2 Å². The third-order valence-electron chi connectivity index (χ3n) is 5.14. The third-order valence-corrected chi connectivity index (χ3v) is 7.59. The minimum atomic E-state index is -0.246. The fourth-order valence-electron chi connectivity index (χ4n) is 3.45. The SMILES string of the molecule is CCC(Sc1cccc(NC(=S)Nc2ccccc2)c1)C(=O)Nc1nc(-c2ccccc2)c(C)s1. The lowest BCUT2D eigenvalue weighted by atomic mass is 10.1. The maximum Gasteiger partial charge on any atom is 0.239 e. The molecule has 0 aliphatic carbocycles. The van der Waals surface area contributed by atoms with Crippen molar-refractivity contribution in [3.05, 3.63) is 89.8 Å². The topological polar surface area (TPSA) is 66.0 Å². The highest BCUT2D eigenvalue weighted by Crippen LogP contribution is 2.32. The highest BCUT2D eigenvalue weighted by Gasteiger charge is 2.20. The standard InChI is InChI=1S/C27H26N4OS3/c1-3-23(25(32)31-27-30-24(18(2)34-27)19-11-6-4-7-12-19)35-22-16-10-15-21(17-22)29-26(33)28-20-13-8-5-9-14-20/h4-17,23H,3H2,1-2H3,(H2,28,29,33)(H,30,31,32). The lowest BCUT2D eigenvalue weighted by Crippen LogP contribution is -2.24. The molecule has 178 valence electrons. The van der Waals surface area contributed by atoms with Gasteiger partial charge in [-0.1, -0.05) is 61.5 Å². The van der Waals surface area contributed by atoms with Crippen LogP contribution in [0.15, 0.2) is 89.8 Å². The van der Waals surface area contributed by atoms with E-state index in [-0.39, 0.29) is 11.2 Å². The van der Waals surface area contributed by atoms with Crippen LogP contribution in [0.2, 0.25) is 0 Å². The van der Waals surface area contributed by atoms with Crippen molar-refractivity contribution in [2.45, 2.75) is 30.4 Å². The van der Waals surface area contributed by atoms with E-state index in [4.69, 9.17) is 12.2 Å². The van der Waals surface area contributed by atoms with Crippen molar-refractivity contribution in [2.75, 3.05) is 16.0 Å². The Morgan fingerprint density at radius 2 is 1.60 bits per heavy atom. The molecule has 5 nitrogen and oxygen atoms in total. The molecule has 0 saturated carbocycles. The highest BCUT2D eigenvalue weighted by molar-refractivity contribution is 8.00. The second-order valence-electron chi connectivity index (χ2n) is 7.77. The zero-order chi connectivity index (χ0) is 24.6. The predicted molar refractivity (Wildman–Crippen MR) is 154 cm³/mol. The van der Waals surface area contributed by atoms with Crippen molar-refractivity contribution in [1.82, 2.24) is 4.98 Å². The van der Waals surface area contributed by atoms with Gasteiger partial charge in [-0.05, 0) is 55.9 Å². The van der Waals surface area contributed by atoms with E-state index in [0.717, 1.165) is 32.4 Å². The van der Waals surface area contributed by atoms with Crippen LogP contribution in [-0.4, -0.2) is 21.3 Å². The lowest BCUT2D eigenvalue weighted by Gasteiger charge is -2.15. The van der Waals surface area contributed by atoms with E-state index >= 15 is 0 Å². The summed E-state index contributed by atoms with van der Waals surface area (Å²) in [5.41, 5.74) is 3.74. The first-order valence-electron chi connectivity index (χ1n) is 11.3. The Morgan fingerprint density at radius 3 is 2.31 bits per heavy atom. The van der Waals surface area contributed by atoms with E-state index in [1.807, 2.05) is 98.8 Å². The van der Waals surface area contributed by atoms with E-state index in [1.165, 1.54) is 23.1 Å². The smallest absolute Gasteiger partial charge is 0.239 e. The number of thiocarbonyl (C=S) groups is 1. The van der Waals surface area contributed by atoms with Crippen molar-refractivity contribution in [3.63, 3.8) is 0 Å². The normalized spacial score (nSPS) is 11.5. The molecular formula is C27H26N4OS3. The van der Waals surface area contributed by atoms with Crippen LogP contribution in [0, 0.1) is 6.92 Å². The van der Waals surface area contributed by atoms with Crippen molar-refractivity contribution < 1.29 is 4.79 Å². The summed E-state index contributed by atoms with van der Waals surface area (Å²) < 4.78 is 0. The molecular weight excluding hydrogens is 493 g/mol. The molecule has 35 heavy (non-hydrogen) atoms. The molecule has 3 N–H and O–H groups in total. The number of rotatable bonds is 8. The summed E-state index contributed by atoms with van der Waals surface area (Å²) >= 11 is 8.46. The monoisotopic (exact) mass is 518 g/mol. The summed E-state index contributed by atoms with van der Waals surface area (Å²) in [6, 6.07) is 27.7. The summed E-state index contributed by atoms with van der Waals surface area (Å²) in [6.07, 6.45) is 0.692. The van der Waals surface area contributed by atoms with Crippen LogP contribution in [0.25, 0.3) is 11.3 Å².